The summed E-state index contributed by atoms with van der Waals surface area (Å²) >= 11 is 0. The van der Waals surface area contributed by atoms with Gasteiger partial charge in [0.25, 0.3) is 5.88 Å². The highest BCUT2D eigenvalue weighted by atomic mass is 16.5. The van der Waals surface area contributed by atoms with Gasteiger partial charge in [0, 0.05) is 6.20 Å². The molecule has 1 aromatic heterocycles. The third kappa shape index (κ3) is 2.27. The van der Waals surface area contributed by atoms with Crippen LogP contribution in [0.3, 0.4) is 0 Å². The number of hydrogen-bond donors (Lipinski definition) is 1. The van der Waals surface area contributed by atoms with Gasteiger partial charge in [0.2, 0.25) is 0 Å². The molecule has 0 spiro atoms. The number of aromatic hydroxyl groups is 1. The molecule has 1 rings (SSSR count). The van der Waals surface area contributed by atoms with Crippen LogP contribution in [0.5, 0.6) is 11.6 Å². The second-order valence-electron chi connectivity index (χ2n) is 2.57. The van der Waals surface area contributed by atoms with Crippen molar-refractivity contribution in [3.8, 4) is 11.6 Å². The SMILES string of the molecule is C=C(C)COc1cccnc1O. The average Bonchev–Trinajstić information content (AvgIpc) is 2.03. The lowest BCUT2D eigenvalue weighted by Crippen LogP contribution is -1.97. The Hall–Kier alpha value is -1.51. The summed E-state index contributed by atoms with van der Waals surface area (Å²) in [6, 6.07) is 3.36. The van der Waals surface area contributed by atoms with Crippen LogP contribution in [-0.4, -0.2) is 16.7 Å². The molecule has 0 unspecified atom stereocenters. The molecule has 0 aliphatic carbocycles. The first kappa shape index (κ1) is 8.59. The summed E-state index contributed by atoms with van der Waals surface area (Å²) in [4.78, 5) is 3.66. The summed E-state index contributed by atoms with van der Waals surface area (Å²) in [5.74, 6) is 0.305. The first-order valence-electron chi connectivity index (χ1n) is 3.61. The number of aromatic nitrogens is 1. The Bertz CT molecular complexity index is 284. The summed E-state index contributed by atoms with van der Waals surface area (Å²) in [6.45, 7) is 5.93. The summed E-state index contributed by atoms with van der Waals surface area (Å²) in [7, 11) is 0. The van der Waals surface area contributed by atoms with E-state index in [4.69, 9.17) is 9.84 Å². The van der Waals surface area contributed by atoms with Gasteiger partial charge in [0.1, 0.15) is 6.61 Å². The topological polar surface area (TPSA) is 42.4 Å². The van der Waals surface area contributed by atoms with E-state index in [0.29, 0.717) is 12.4 Å². The van der Waals surface area contributed by atoms with Gasteiger partial charge in [-0.1, -0.05) is 6.58 Å². The zero-order chi connectivity index (χ0) is 8.97. The maximum atomic E-state index is 9.16. The Morgan fingerprint density at radius 2 is 2.50 bits per heavy atom. The van der Waals surface area contributed by atoms with Gasteiger partial charge in [0.15, 0.2) is 5.75 Å². The van der Waals surface area contributed by atoms with Crippen molar-refractivity contribution in [1.29, 1.82) is 0 Å². The van der Waals surface area contributed by atoms with Crippen molar-refractivity contribution in [2.24, 2.45) is 0 Å². The number of pyridine rings is 1. The fourth-order valence-corrected chi connectivity index (χ4v) is 0.696. The van der Waals surface area contributed by atoms with E-state index < -0.39 is 0 Å². The number of hydrogen-bond acceptors (Lipinski definition) is 3. The minimum atomic E-state index is -0.0845. The van der Waals surface area contributed by atoms with Gasteiger partial charge >= 0.3 is 0 Å². The van der Waals surface area contributed by atoms with Crippen LogP contribution in [0.4, 0.5) is 0 Å². The second kappa shape index (κ2) is 3.76. The Morgan fingerprint density at radius 1 is 1.75 bits per heavy atom. The van der Waals surface area contributed by atoms with Crippen LogP contribution >= 0.6 is 0 Å². The third-order valence-corrected chi connectivity index (χ3v) is 1.22. The van der Waals surface area contributed by atoms with E-state index in [1.54, 1.807) is 12.1 Å². The third-order valence-electron chi connectivity index (χ3n) is 1.22. The zero-order valence-corrected chi connectivity index (χ0v) is 6.95. The molecule has 3 nitrogen and oxygen atoms in total. The molecule has 64 valence electrons. The molecule has 0 fully saturated rings. The highest BCUT2D eigenvalue weighted by Gasteiger charge is 2.00. The molecule has 3 heteroatoms. The quantitative estimate of drug-likeness (QED) is 0.694. The first-order chi connectivity index (χ1) is 5.70. The fraction of sp³-hybridized carbons (Fsp3) is 0.222. The molecule has 0 aromatic carbocycles. The first-order valence-corrected chi connectivity index (χ1v) is 3.61. The van der Waals surface area contributed by atoms with Crippen LogP contribution in [0.2, 0.25) is 0 Å². The molecular formula is C9H11NO2. The molecule has 0 aliphatic rings. The van der Waals surface area contributed by atoms with Crippen LogP contribution < -0.4 is 4.74 Å². The van der Waals surface area contributed by atoms with Gasteiger partial charge in [-0.25, -0.2) is 4.98 Å². The van der Waals surface area contributed by atoms with E-state index in [9.17, 15) is 0 Å². The lowest BCUT2D eigenvalue weighted by Gasteiger charge is -2.05. The molecule has 0 atom stereocenters. The maximum absolute atomic E-state index is 9.16. The predicted molar refractivity (Wildman–Crippen MR) is 46.2 cm³/mol. The zero-order valence-electron chi connectivity index (χ0n) is 6.95. The highest BCUT2D eigenvalue weighted by Crippen LogP contribution is 2.21. The van der Waals surface area contributed by atoms with E-state index >= 15 is 0 Å². The minimum Gasteiger partial charge on any atom is -0.491 e. The van der Waals surface area contributed by atoms with E-state index in [1.165, 1.54) is 6.20 Å². The second-order valence-corrected chi connectivity index (χ2v) is 2.57. The molecule has 0 bridgehead atoms. The van der Waals surface area contributed by atoms with Crippen molar-refractivity contribution in [3.63, 3.8) is 0 Å². The minimum absolute atomic E-state index is 0.0845. The Morgan fingerprint density at radius 3 is 3.08 bits per heavy atom. The molecule has 1 N–H and O–H groups in total. The maximum Gasteiger partial charge on any atom is 0.254 e. The summed E-state index contributed by atoms with van der Waals surface area (Å²) in [5, 5.41) is 9.16. The highest BCUT2D eigenvalue weighted by molar-refractivity contribution is 5.31. The monoisotopic (exact) mass is 165 g/mol. The summed E-state index contributed by atoms with van der Waals surface area (Å²) in [5.41, 5.74) is 0.901. The van der Waals surface area contributed by atoms with Gasteiger partial charge in [-0.05, 0) is 24.6 Å². The molecule has 12 heavy (non-hydrogen) atoms. The van der Waals surface area contributed by atoms with E-state index in [-0.39, 0.29) is 5.88 Å². The molecule has 0 saturated heterocycles. The van der Waals surface area contributed by atoms with Crippen molar-refractivity contribution in [2.45, 2.75) is 6.92 Å². The van der Waals surface area contributed by atoms with Crippen LogP contribution in [0.1, 0.15) is 6.92 Å². The summed E-state index contributed by atoms with van der Waals surface area (Å²) < 4.78 is 5.19. The molecule has 0 saturated carbocycles. The van der Waals surface area contributed by atoms with Gasteiger partial charge in [-0.15, -0.1) is 0 Å². The van der Waals surface area contributed by atoms with Crippen molar-refractivity contribution < 1.29 is 9.84 Å². The van der Waals surface area contributed by atoms with E-state index in [1.807, 2.05) is 6.92 Å². The fourth-order valence-electron chi connectivity index (χ4n) is 0.696. The molecule has 0 radical (unpaired) electrons. The smallest absolute Gasteiger partial charge is 0.254 e. The van der Waals surface area contributed by atoms with Gasteiger partial charge in [-0.2, -0.15) is 0 Å². The molecule has 1 aromatic rings. The Kier molecular flexibility index (Phi) is 2.69. The van der Waals surface area contributed by atoms with E-state index in [0.717, 1.165) is 5.57 Å². The van der Waals surface area contributed by atoms with Crippen LogP contribution in [0.15, 0.2) is 30.5 Å². The van der Waals surface area contributed by atoms with Crippen LogP contribution in [-0.2, 0) is 0 Å². The number of ether oxygens (including phenoxy) is 1. The average molecular weight is 165 g/mol. The van der Waals surface area contributed by atoms with Crippen LogP contribution in [0, 0.1) is 0 Å². The molecular weight excluding hydrogens is 154 g/mol. The van der Waals surface area contributed by atoms with Crippen molar-refractivity contribution in [1.82, 2.24) is 4.98 Å². The number of rotatable bonds is 3. The van der Waals surface area contributed by atoms with Gasteiger partial charge < -0.3 is 9.84 Å². The lowest BCUT2D eigenvalue weighted by molar-refractivity contribution is 0.322. The normalized spacial score (nSPS) is 9.42. The van der Waals surface area contributed by atoms with Crippen molar-refractivity contribution in [2.75, 3.05) is 6.61 Å². The molecule has 0 amide bonds. The number of nitrogens with zero attached hydrogens (tertiary/aromatic N) is 1. The van der Waals surface area contributed by atoms with Gasteiger partial charge in [0.05, 0.1) is 0 Å². The van der Waals surface area contributed by atoms with Crippen LogP contribution in [0.25, 0.3) is 0 Å². The summed E-state index contributed by atoms with van der Waals surface area (Å²) in [6.07, 6.45) is 1.50. The van der Waals surface area contributed by atoms with Gasteiger partial charge in [-0.3, -0.25) is 0 Å². The van der Waals surface area contributed by atoms with Crippen molar-refractivity contribution in [3.05, 3.63) is 30.5 Å². The molecule has 1 heterocycles. The predicted octanol–water partition coefficient (Wildman–Crippen LogP) is 1.74. The Balaban J connectivity index is 2.63. The lowest BCUT2D eigenvalue weighted by atomic mass is 10.4. The van der Waals surface area contributed by atoms with E-state index in [2.05, 4.69) is 11.6 Å². The molecule has 0 aliphatic heterocycles. The largest absolute Gasteiger partial charge is 0.491 e. The van der Waals surface area contributed by atoms with Crippen molar-refractivity contribution >= 4 is 0 Å². The standard InChI is InChI=1S/C9H11NO2/c1-7(2)6-12-8-4-3-5-10-9(8)11/h3-5H,1,6H2,2H3,(H,10,11). The Labute approximate surface area is 71.3 Å².